The van der Waals surface area contributed by atoms with Crippen molar-refractivity contribution < 1.29 is 14.1 Å². The summed E-state index contributed by atoms with van der Waals surface area (Å²) < 4.78 is 10.6. The van der Waals surface area contributed by atoms with Crippen molar-refractivity contribution in [2.24, 2.45) is 0 Å². The summed E-state index contributed by atoms with van der Waals surface area (Å²) in [7, 11) is 1.61. The Hall–Kier alpha value is -3.45. The molecule has 0 atom stereocenters. The van der Waals surface area contributed by atoms with Crippen LogP contribution in [0, 0.1) is 0 Å². The summed E-state index contributed by atoms with van der Waals surface area (Å²) in [5.41, 5.74) is 2.53. The first kappa shape index (κ1) is 18.9. The van der Waals surface area contributed by atoms with Crippen molar-refractivity contribution in [3.63, 3.8) is 0 Å². The van der Waals surface area contributed by atoms with Gasteiger partial charge < -0.3 is 14.6 Å². The van der Waals surface area contributed by atoms with E-state index in [2.05, 4.69) is 15.5 Å². The van der Waals surface area contributed by atoms with Crippen LogP contribution in [0.2, 0.25) is 0 Å². The van der Waals surface area contributed by atoms with Crippen LogP contribution in [0.15, 0.2) is 70.6 Å². The minimum atomic E-state index is -0.101. The predicted octanol–water partition coefficient (Wildman–Crippen LogP) is 4.58. The lowest BCUT2D eigenvalue weighted by atomic mass is 10.1. The second kappa shape index (κ2) is 8.70. The summed E-state index contributed by atoms with van der Waals surface area (Å²) in [6.07, 6.45) is 0.697. The molecule has 4 aromatic rings. The second-order valence-electron chi connectivity index (χ2n) is 6.40. The Labute approximate surface area is 172 Å². The number of aromatic nitrogens is 2. The Morgan fingerprint density at radius 2 is 2.03 bits per heavy atom. The number of nitrogens with zero attached hydrogens (tertiary/aromatic N) is 2. The molecule has 0 aliphatic heterocycles. The molecule has 2 heterocycles. The van der Waals surface area contributed by atoms with Gasteiger partial charge in [0.05, 0.1) is 24.8 Å². The maximum atomic E-state index is 12.5. The zero-order chi connectivity index (χ0) is 20.1. The molecule has 0 aliphatic carbocycles. The molecule has 0 fully saturated rings. The quantitative estimate of drug-likeness (QED) is 0.487. The van der Waals surface area contributed by atoms with Gasteiger partial charge in [-0.1, -0.05) is 41.6 Å². The minimum absolute atomic E-state index is 0.101. The number of thiophene rings is 1. The molecule has 7 heteroatoms. The van der Waals surface area contributed by atoms with Crippen LogP contribution in [0.3, 0.4) is 0 Å². The van der Waals surface area contributed by atoms with E-state index in [0.717, 1.165) is 27.4 Å². The number of anilines is 1. The van der Waals surface area contributed by atoms with Crippen LogP contribution in [0.1, 0.15) is 17.0 Å². The van der Waals surface area contributed by atoms with Crippen LogP contribution >= 0.6 is 11.3 Å². The smallest absolute Gasteiger partial charge is 0.231 e. The molecular weight excluding hydrogens is 386 g/mol. The van der Waals surface area contributed by atoms with Crippen LogP contribution in [-0.4, -0.2) is 23.2 Å². The van der Waals surface area contributed by atoms with Gasteiger partial charge >= 0.3 is 0 Å². The van der Waals surface area contributed by atoms with Crippen molar-refractivity contribution >= 4 is 22.9 Å². The van der Waals surface area contributed by atoms with E-state index in [-0.39, 0.29) is 12.3 Å². The molecule has 146 valence electrons. The molecule has 2 aromatic heterocycles. The van der Waals surface area contributed by atoms with Crippen molar-refractivity contribution in [1.29, 1.82) is 0 Å². The molecule has 1 N–H and O–H groups in total. The van der Waals surface area contributed by atoms with Gasteiger partial charge in [0.1, 0.15) is 5.75 Å². The number of carbonyl (C=O) groups excluding carboxylic acids is 1. The van der Waals surface area contributed by atoms with Gasteiger partial charge in [0.2, 0.25) is 17.6 Å². The Balaban J connectivity index is 1.46. The van der Waals surface area contributed by atoms with Crippen molar-refractivity contribution in [2.75, 3.05) is 12.4 Å². The van der Waals surface area contributed by atoms with Crippen LogP contribution in [0.5, 0.6) is 5.75 Å². The third-order valence-electron chi connectivity index (χ3n) is 4.34. The molecular formula is C22H19N3O3S. The highest BCUT2D eigenvalue weighted by Gasteiger charge is 2.13. The lowest BCUT2D eigenvalue weighted by Gasteiger charge is -2.10. The number of ether oxygens (including phenoxy) is 1. The summed E-state index contributed by atoms with van der Waals surface area (Å²) >= 11 is 1.56. The summed E-state index contributed by atoms with van der Waals surface area (Å²) in [6, 6.07) is 19.0. The first-order valence-electron chi connectivity index (χ1n) is 9.08. The van der Waals surface area contributed by atoms with Gasteiger partial charge in [-0.15, -0.1) is 11.3 Å². The SMILES string of the molecule is COc1cccc(CC(=O)Nc2ccccc2Cc2nc(-c3cccs3)no2)c1. The van der Waals surface area contributed by atoms with E-state index in [1.54, 1.807) is 18.4 Å². The van der Waals surface area contributed by atoms with Gasteiger partial charge in [-0.25, -0.2) is 0 Å². The van der Waals surface area contributed by atoms with Crippen LogP contribution in [0.25, 0.3) is 10.7 Å². The lowest BCUT2D eigenvalue weighted by Crippen LogP contribution is -2.15. The zero-order valence-corrected chi connectivity index (χ0v) is 16.6. The summed E-state index contributed by atoms with van der Waals surface area (Å²) in [4.78, 5) is 18.0. The first-order valence-corrected chi connectivity index (χ1v) is 9.96. The molecule has 0 unspecified atom stereocenters. The third kappa shape index (κ3) is 4.70. The van der Waals surface area contributed by atoms with Crippen molar-refractivity contribution in [3.8, 4) is 16.5 Å². The Morgan fingerprint density at radius 1 is 1.14 bits per heavy atom. The van der Waals surface area contributed by atoms with E-state index in [0.29, 0.717) is 18.1 Å². The van der Waals surface area contributed by atoms with E-state index in [4.69, 9.17) is 9.26 Å². The summed E-state index contributed by atoms with van der Waals surface area (Å²) in [6.45, 7) is 0. The molecule has 6 nitrogen and oxygen atoms in total. The fraction of sp³-hybridized carbons (Fsp3) is 0.136. The summed E-state index contributed by atoms with van der Waals surface area (Å²) in [5, 5.41) is 9.00. The highest BCUT2D eigenvalue weighted by Crippen LogP contribution is 2.24. The topological polar surface area (TPSA) is 77.2 Å². The number of amides is 1. The van der Waals surface area contributed by atoms with Crippen molar-refractivity contribution in [3.05, 3.63) is 83.1 Å². The van der Waals surface area contributed by atoms with E-state index < -0.39 is 0 Å². The normalized spacial score (nSPS) is 10.7. The number of nitrogens with one attached hydrogen (secondary N) is 1. The van der Waals surface area contributed by atoms with Gasteiger partial charge in [-0.05, 0) is 40.8 Å². The molecule has 0 saturated heterocycles. The average molecular weight is 405 g/mol. The first-order chi connectivity index (χ1) is 14.2. The highest BCUT2D eigenvalue weighted by molar-refractivity contribution is 7.13. The molecule has 29 heavy (non-hydrogen) atoms. The Kier molecular flexibility index (Phi) is 5.67. The standard InChI is InChI=1S/C22H19N3O3S/c1-27-17-8-4-6-15(12-17)13-20(26)23-18-9-3-2-7-16(18)14-21-24-22(25-28-21)19-10-5-11-29-19/h2-12H,13-14H2,1H3,(H,23,26). The maximum Gasteiger partial charge on any atom is 0.231 e. The van der Waals surface area contributed by atoms with Crippen LogP contribution < -0.4 is 10.1 Å². The minimum Gasteiger partial charge on any atom is -0.497 e. The molecule has 0 saturated carbocycles. The molecule has 0 spiro atoms. The van der Waals surface area contributed by atoms with Gasteiger partial charge in [0.15, 0.2) is 0 Å². The number of rotatable bonds is 7. The number of methoxy groups -OCH3 is 1. The van der Waals surface area contributed by atoms with Gasteiger partial charge in [-0.2, -0.15) is 4.98 Å². The molecule has 0 bridgehead atoms. The summed E-state index contributed by atoms with van der Waals surface area (Å²) in [5.74, 6) is 1.71. The van der Waals surface area contributed by atoms with Gasteiger partial charge in [-0.3, -0.25) is 4.79 Å². The second-order valence-corrected chi connectivity index (χ2v) is 7.35. The van der Waals surface area contributed by atoms with Gasteiger partial charge in [0.25, 0.3) is 0 Å². The van der Waals surface area contributed by atoms with E-state index >= 15 is 0 Å². The largest absolute Gasteiger partial charge is 0.497 e. The van der Waals surface area contributed by atoms with Crippen molar-refractivity contribution in [1.82, 2.24) is 10.1 Å². The zero-order valence-electron chi connectivity index (χ0n) is 15.8. The molecule has 4 rings (SSSR count). The number of para-hydroxylation sites is 1. The predicted molar refractivity (Wildman–Crippen MR) is 112 cm³/mol. The maximum absolute atomic E-state index is 12.5. The fourth-order valence-electron chi connectivity index (χ4n) is 2.95. The Morgan fingerprint density at radius 3 is 2.86 bits per heavy atom. The lowest BCUT2D eigenvalue weighted by molar-refractivity contribution is -0.115. The third-order valence-corrected chi connectivity index (χ3v) is 5.21. The average Bonchev–Trinajstić information content (AvgIpc) is 3.41. The highest BCUT2D eigenvalue weighted by atomic mass is 32.1. The van der Waals surface area contributed by atoms with E-state index in [1.165, 1.54) is 0 Å². The molecule has 0 radical (unpaired) electrons. The number of hydrogen-bond donors (Lipinski definition) is 1. The van der Waals surface area contributed by atoms with E-state index in [1.807, 2.05) is 66.0 Å². The molecule has 0 aliphatic rings. The molecule has 2 aromatic carbocycles. The molecule has 1 amide bonds. The van der Waals surface area contributed by atoms with E-state index in [9.17, 15) is 4.79 Å². The Bertz CT molecular complexity index is 1110. The van der Waals surface area contributed by atoms with Crippen molar-refractivity contribution in [2.45, 2.75) is 12.8 Å². The number of hydrogen-bond acceptors (Lipinski definition) is 6. The number of benzene rings is 2. The fourth-order valence-corrected chi connectivity index (χ4v) is 3.60. The van der Waals surface area contributed by atoms with Crippen LogP contribution in [0.4, 0.5) is 5.69 Å². The van der Waals surface area contributed by atoms with Gasteiger partial charge in [0, 0.05) is 5.69 Å². The monoisotopic (exact) mass is 405 g/mol. The van der Waals surface area contributed by atoms with Crippen LogP contribution in [-0.2, 0) is 17.6 Å². The number of carbonyl (C=O) groups is 1.